The summed E-state index contributed by atoms with van der Waals surface area (Å²) in [6, 6.07) is 7.82. The molecule has 152 valence electrons. The minimum Gasteiger partial charge on any atom is -0.460 e. The Bertz CT molecular complexity index is 1040. The minimum absolute atomic E-state index is 0.0139. The molecule has 1 fully saturated rings. The van der Waals surface area contributed by atoms with E-state index in [9.17, 15) is 4.79 Å². The third-order valence-electron chi connectivity index (χ3n) is 6.39. The SMILES string of the molecule is CC1(C)OC[C@H](CNC2=CC3C(C=C2)C(=O)c2c(oc4ccccc24)C3(C)C)O1. The van der Waals surface area contributed by atoms with Crippen molar-refractivity contribution in [3.05, 3.63) is 59.5 Å². The second-order valence-corrected chi connectivity index (χ2v) is 9.25. The quantitative estimate of drug-likeness (QED) is 0.841. The zero-order valence-electron chi connectivity index (χ0n) is 17.3. The molecule has 2 unspecified atom stereocenters. The van der Waals surface area contributed by atoms with Gasteiger partial charge in [-0.25, -0.2) is 0 Å². The van der Waals surface area contributed by atoms with E-state index in [1.54, 1.807) is 0 Å². The first-order valence-corrected chi connectivity index (χ1v) is 10.3. The highest BCUT2D eigenvalue weighted by Gasteiger charge is 2.49. The molecule has 0 radical (unpaired) electrons. The summed E-state index contributed by atoms with van der Waals surface area (Å²) in [5, 5.41) is 4.38. The van der Waals surface area contributed by atoms with Crippen LogP contribution in [-0.2, 0) is 14.9 Å². The summed E-state index contributed by atoms with van der Waals surface area (Å²) in [6.07, 6.45) is 6.25. The predicted molar refractivity (Wildman–Crippen MR) is 111 cm³/mol. The number of fused-ring (bicyclic) bond motifs is 4. The fourth-order valence-electron chi connectivity index (χ4n) is 4.86. The standard InChI is InChI=1S/C24H27NO4/c1-23(2)18-11-14(25-12-15-13-27-24(3,4)29-15)9-10-16(18)21(26)20-17-7-5-6-8-19(17)28-22(20)23/h5-11,15-16,18,25H,12-13H2,1-4H3/t15-,16?,18?/m0/s1. The van der Waals surface area contributed by atoms with Gasteiger partial charge in [-0.2, -0.15) is 0 Å². The smallest absolute Gasteiger partial charge is 0.174 e. The van der Waals surface area contributed by atoms with E-state index in [1.807, 2.05) is 50.3 Å². The van der Waals surface area contributed by atoms with E-state index < -0.39 is 5.79 Å². The molecule has 3 atom stereocenters. The molecular weight excluding hydrogens is 366 g/mol. The topological polar surface area (TPSA) is 60.7 Å². The number of para-hydroxylation sites is 1. The van der Waals surface area contributed by atoms with Crippen LogP contribution in [0.5, 0.6) is 0 Å². The van der Waals surface area contributed by atoms with Crippen LogP contribution in [0.15, 0.2) is 52.6 Å². The molecule has 5 nitrogen and oxygen atoms in total. The monoisotopic (exact) mass is 393 g/mol. The molecule has 1 aromatic carbocycles. The first kappa shape index (κ1) is 18.6. The summed E-state index contributed by atoms with van der Waals surface area (Å²) in [6.45, 7) is 9.44. The number of hydrogen-bond donors (Lipinski definition) is 1. The Morgan fingerprint density at radius 3 is 2.72 bits per heavy atom. The Morgan fingerprint density at radius 1 is 1.17 bits per heavy atom. The van der Waals surface area contributed by atoms with Crippen molar-refractivity contribution in [1.29, 1.82) is 0 Å². The average Bonchev–Trinajstić information content (AvgIpc) is 3.25. The summed E-state index contributed by atoms with van der Waals surface area (Å²) in [5.41, 5.74) is 2.25. The molecule has 3 aliphatic rings. The highest BCUT2D eigenvalue weighted by atomic mass is 16.7. The van der Waals surface area contributed by atoms with Crippen molar-refractivity contribution < 1.29 is 18.7 Å². The van der Waals surface area contributed by atoms with Gasteiger partial charge < -0.3 is 19.2 Å². The van der Waals surface area contributed by atoms with Crippen LogP contribution >= 0.6 is 0 Å². The zero-order chi connectivity index (χ0) is 20.4. The Balaban J connectivity index is 1.44. The van der Waals surface area contributed by atoms with Gasteiger partial charge in [0.1, 0.15) is 17.4 Å². The van der Waals surface area contributed by atoms with Gasteiger partial charge in [-0.3, -0.25) is 4.79 Å². The number of benzene rings is 1. The van der Waals surface area contributed by atoms with E-state index in [2.05, 4.69) is 25.2 Å². The fraction of sp³-hybridized carbons (Fsp3) is 0.458. The van der Waals surface area contributed by atoms with Crippen LogP contribution in [0, 0.1) is 11.8 Å². The lowest BCUT2D eigenvalue weighted by Gasteiger charge is -2.41. The summed E-state index contributed by atoms with van der Waals surface area (Å²) < 4.78 is 17.7. The summed E-state index contributed by atoms with van der Waals surface area (Å²) >= 11 is 0. The number of hydrogen-bond acceptors (Lipinski definition) is 5. The van der Waals surface area contributed by atoms with Crippen molar-refractivity contribution in [1.82, 2.24) is 5.32 Å². The third kappa shape index (κ3) is 2.95. The van der Waals surface area contributed by atoms with E-state index >= 15 is 0 Å². The number of allylic oxidation sites excluding steroid dienone is 3. The summed E-state index contributed by atoms with van der Waals surface area (Å²) in [5.74, 6) is 0.283. The summed E-state index contributed by atoms with van der Waals surface area (Å²) in [7, 11) is 0. The Labute approximate surface area is 170 Å². The molecule has 1 saturated heterocycles. The Morgan fingerprint density at radius 2 is 1.97 bits per heavy atom. The van der Waals surface area contributed by atoms with Crippen LogP contribution in [0.4, 0.5) is 0 Å². The van der Waals surface area contributed by atoms with Crippen LogP contribution in [0.1, 0.15) is 43.8 Å². The van der Waals surface area contributed by atoms with Gasteiger partial charge in [0.25, 0.3) is 0 Å². The fourth-order valence-corrected chi connectivity index (χ4v) is 4.86. The number of ether oxygens (including phenoxy) is 2. The van der Waals surface area contributed by atoms with Crippen molar-refractivity contribution in [3.8, 4) is 0 Å². The second-order valence-electron chi connectivity index (χ2n) is 9.25. The third-order valence-corrected chi connectivity index (χ3v) is 6.39. The van der Waals surface area contributed by atoms with E-state index in [1.165, 1.54) is 0 Å². The van der Waals surface area contributed by atoms with Gasteiger partial charge in [-0.15, -0.1) is 0 Å². The lowest BCUT2D eigenvalue weighted by Crippen LogP contribution is -2.43. The summed E-state index contributed by atoms with van der Waals surface area (Å²) in [4.78, 5) is 13.4. The van der Waals surface area contributed by atoms with Gasteiger partial charge in [0.2, 0.25) is 0 Å². The van der Waals surface area contributed by atoms with Crippen LogP contribution in [0.3, 0.4) is 0 Å². The number of nitrogens with one attached hydrogen (secondary N) is 1. The van der Waals surface area contributed by atoms with Gasteiger partial charge in [-0.05, 0) is 26.0 Å². The molecule has 1 aromatic heterocycles. The van der Waals surface area contributed by atoms with Crippen LogP contribution in [0.2, 0.25) is 0 Å². The number of rotatable bonds is 3. The number of carbonyl (C=O) groups is 1. The molecule has 0 spiro atoms. The number of Topliss-reactive ketones (excluding diaryl/α,β-unsaturated/α-hetero) is 1. The number of furan rings is 1. The maximum absolute atomic E-state index is 13.4. The van der Waals surface area contributed by atoms with Gasteiger partial charge in [0, 0.05) is 34.9 Å². The maximum Gasteiger partial charge on any atom is 0.174 e. The van der Waals surface area contributed by atoms with E-state index in [-0.39, 0.29) is 29.1 Å². The van der Waals surface area contributed by atoms with Gasteiger partial charge in [0.05, 0.1) is 12.2 Å². The van der Waals surface area contributed by atoms with Crippen LogP contribution in [-0.4, -0.2) is 30.8 Å². The van der Waals surface area contributed by atoms with Gasteiger partial charge in [-0.1, -0.05) is 44.2 Å². The molecular formula is C24H27NO4. The van der Waals surface area contributed by atoms with Crippen LogP contribution < -0.4 is 5.32 Å². The maximum atomic E-state index is 13.4. The highest BCUT2D eigenvalue weighted by molar-refractivity contribution is 6.11. The Hall–Kier alpha value is -2.37. The molecule has 2 aliphatic carbocycles. The highest BCUT2D eigenvalue weighted by Crippen LogP contribution is 2.49. The lowest BCUT2D eigenvalue weighted by atomic mass is 9.61. The molecule has 1 N–H and O–H groups in total. The van der Waals surface area contributed by atoms with Gasteiger partial charge in [0.15, 0.2) is 11.6 Å². The molecule has 29 heavy (non-hydrogen) atoms. The van der Waals surface area contributed by atoms with E-state index in [0.717, 1.165) is 28.0 Å². The first-order valence-electron chi connectivity index (χ1n) is 10.3. The molecule has 0 saturated carbocycles. The minimum atomic E-state index is -0.524. The number of ketones is 1. The van der Waals surface area contributed by atoms with Crippen molar-refractivity contribution in [3.63, 3.8) is 0 Å². The average molecular weight is 393 g/mol. The molecule has 5 rings (SSSR count). The lowest BCUT2D eigenvalue weighted by molar-refractivity contribution is -0.137. The molecule has 2 heterocycles. The van der Waals surface area contributed by atoms with Crippen molar-refractivity contribution in [2.24, 2.45) is 11.8 Å². The first-order chi connectivity index (χ1) is 13.8. The Kier molecular flexibility index (Phi) is 4.06. The van der Waals surface area contributed by atoms with Gasteiger partial charge >= 0.3 is 0 Å². The predicted octanol–water partition coefficient (Wildman–Crippen LogP) is 4.33. The molecule has 5 heteroatoms. The zero-order valence-corrected chi connectivity index (χ0v) is 17.3. The normalized spacial score (nSPS) is 29.4. The van der Waals surface area contributed by atoms with Crippen molar-refractivity contribution >= 4 is 16.8 Å². The number of carbonyl (C=O) groups excluding carboxylic acids is 1. The molecule has 2 aromatic rings. The molecule has 0 amide bonds. The molecule has 1 aliphatic heterocycles. The second kappa shape index (κ2) is 6.31. The van der Waals surface area contributed by atoms with Crippen LogP contribution in [0.25, 0.3) is 11.0 Å². The van der Waals surface area contributed by atoms with Crippen molar-refractivity contribution in [2.45, 2.75) is 45.0 Å². The molecule has 0 bridgehead atoms. The van der Waals surface area contributed by atoms with E-state index in [4.69, 9.17) is 13.9 Å². The van der Waals surface area contributed by atoms with Crippen molar-refractivity contribution in [2.75, 3.05) is 13.2 Å². The largest absolute Gasteiger partial charge is 0.460 e. The van der Waals surface area contributed by atoms with E-state index in [0.29, 0.717) is 13.2 Å².